The molecule has 0 spiro atoms. The molecule has 1 aliphatic heterocycles. The summed E-state index contributed by atoms with van der Waals surface area (Å²) in [5, 5.41) is 5.83. The van der Waals surface area contributed by atoms with E-state index in [9.17, 15) is 19.2 Å². The number of allylic oxidation sites excluding steroid dienone is 3. The van der Waals surface area contributed by atoms with Gasteiger partial charge in [-0.05, 0) is 37.1 Å². The molecule has 10 heteroatoms. The maximum absolute atomic E-state index is 13.2. The summed E-state index contributed by atoms with van der Waals surface area (Å²) in [4.78, 5) is 52.1. The Balaban J connectivity index is 1.72. The van der Waals surface area contributed by atoms with Crippen molar-refractivity contribution in [3.8, 4) is 0 Å². The average molecular weight is 488 g/mol. The first-order valence-electron chi connectivity index (χ1n) is 11.0. The Hall–Kier alpha value is -3.30. The predicted octanol–water partition coefficient (Wildman–Crippen LogP) is 2.29. The highest BCUT2D eigenvalue weighted by atomic mass is 35.5. The molecule has 1 aromatic rings. The molecule has 9 nitrogen and oxygen atoms in total. The van der Waals surface area contributed by atoms with Crippen LogP contribution in [0.3, 0.4) is 0 Å². The third-order valence-corrected chi connectivity index (χ3v) is 5.73. The normalized spacial score (nSPS) is 17.1. The van der Waals surface area contributed by atoms with E-state index in [1.165, 1.54) is 4.58 Å². The summed E-state index contributed by atoms with van der Waals surface area (Å²) < 4.78 is 6.21. The maximum atomic E-state index is 13.2. The number of halogens is 1. The number of aryl methyl sites for hydroxylation is 1. The van der Waals surface area contributed by atoms with Crippen molar-refractivity contribution in [2.75, 3.05) is 38.7 Å². The summed E-state index contributed by atoms with van der Waals surface area (Å²) in [6, 6.07) is 4.58. The minimum atomic E-state index is -0.705. The number of hydrogen-bond acceptors (Lipinski definition) is 5. The van der Waals surface area contributed by atoms with E-state index in [2.05, 4.69) is 10.6 Å². The summed E-state index contributed by atoms with van der Waals surface area (Å²) >= 11 is 6.20. The molecule has 0 aromatic heterocycles. The minimum Gasteiger partial charge on any atom is -0.385 e. The molecule has 3 rings (SSSR count). The fourth-order valence-corrected chi connectivity index (χ4v) is 3.96. The van der Waals surface area contributed by atoms with Crippen molar-refractivity contribution >= 4 is 46.8 Å². The van der Waals surface area contributed by atoms with Gasteiger partial charge in [-0.1, -0.05) is 35.9 Å². The van der Waals surface area contributed by atoms with Gasteiger partial charge < -0.3 is 15.4 Å². The second-order valence-electron chi connectivity index (χ2n) is 7.98. The summed E-state index contributed by atoms with van der Waals surface area (Å²) in [5.74, 6) is -1.86. The minimum absolute atomic E-state index is 0.0366. The molecule has 1 aliphatic carbocycles. The number of amides is 5. The van der Waals surface area contributed by atoms with E-state index >= 15 is 0 Å². The molecule has 0 saturated carbocycles. The van der Waals surface area contributed by atoms with Crippen molar-refractivity contribution in [3.63, 3.8) is 0 Å². The van der Waals surface area contributed by atoms with E-state index in [0.717, 1.165) is 10.5 Å². The van der Waals surface area contributed by atoms with E-state index in [-0.39, 0.29) is 25.4 Å². The molecule has 5 amide bonds. The zero-order valence-corrected chi connectivity index (χ0v) is 19.9. The number of nitrogens with zero attached hydrogens (tertiary/aromatic N) is 2. The van der Waals surface area contributed by atoms with Crippen LogP contribution in [0, 0.1) is 12.8 Å². The standard InChI is InChI=1S/C24H27ClN4O5/c1-16-8-9-19(18(25)14-16)27-22(31)15-29-20-7-4-3-6-17(20)23(32)28(24(29)33)12-10-21(30)26-11-5-13-34-2/h3-4,6-9,14,17H,5,10-13,15H2,1-2H3,(H-,26,27,30,31)/p+1. The van der Waals surface area contributed by atoms with Crippen LogP contribution in [-0.2, 0) is 19.1 Å². The van der Waals surface area contributed by atoms with Crippen LogP contribution in [0.25, 0.3) is 0 Å². The molecular formula is C24H28ClN4O5+. The van der Waals surface area contributed by atoms with Crippen LogP contribution in [0.5, 0.6) is 0 Å². The number of imide groups is 1. The Morgan fingerprint density at radius 3 is 2.74 bits per heavy atom. The zero-order valence-electron chi connectivity index (χ0n) is 19.2. The van der Waals surface area contributed by atoms with E-state index in [1.807, 2.05) is 13.0 Å². The van der Waals surface area contributed by atoms with Gasteiger partial charge >= 0.3 is 11.9 Å². The smallest absolute Gasteiger partial charge is 0.385 e. The lowest BCUT2D eigenvalue weighted by Gasteiger charge is -2.26. The number of nitrogens with one attached hydrogen (secondary N) is 2. The van der Waals surface area contributed by atoms with Crippen molar-refractivity contribution in [2.45, 2.75) is 19.8 Å². The first-order valence-corrected chi connectivity index (χ1v) is 11.4. The Morgan fingerprint density at radius 1 is 1.21 bits per heavy atom. The van der Waals surface area contributed by atoms with Gasteiger partial charge in [-0.3, -0.25) is 9.59 Å². The van der Waals surface area contributed by atoms with Crippen LogP contribution < -0.4 is 10.6 Å². The number of anilines is 1. The predicted molar refractivity (Wildman–Crippen MR) is 128 cm³/mol. The van der Waals surface area contributed by atoms with E-state index in [1.54, 1.807) is 43.5 Å². The molecule has 1 atom stereocenters. The van der Waals surface area contributed by atoms with Gasteiger partial charge in [-0.25, -0.2) is 4.79 Å². The Bertz CT molecular complexity index is 1080. The summed E-state index contributed by atoms with van der Waals surface area (Å²) in [6.07, 6.45) is 7.36. The number of ether oxygens (including phenoxy) is 1. The molecule has 1 heterocycles. The van der Waals surface area contributed by atoms with Gasteiger partial charge in [0.05, 0.1) is 17.1 Å². The summed E-state index contributed by atoms with van der Waals surface area (Å²) in [6.45, 7) is 2.46. The van der Waals surface area contributed by atoms with Crippen LogP contribution >= 0.6 is 11.6 Å². The topological polar surface area (TPSA) is 108 Å². The van der Waals surface area contributed by atoms with E-state index in [4.69, 9.17) is 16.3 Å². The number of urea groups is 1. The molecular weight excluding hydrogens is 460 g/mol. The maximum Gasteiger partial charge on any atom is 0.501 e. The number of carbonyl (C=O) groups excluding carboxylic acids is 4. The largest absolute Gasteiger partial charge is 0.501 e. The van der Waals surface area contributed by atoms with Crippen molar-refractivity contribution in [1.29, 1.82) is 0 Å². The highest BCUT2D eigenvalue weighted by Gasteiger charge is 2.47. The van der Waals surface area contributed by atoms with Crippen LogP contribution in [-0.4, -0.2) is 72.3 Å². The average Bonchev–Trinajstić information content (AvgIpc) is 2.81. The van der Waals surface area contributed by atoms with Gasteiger partial charge in [0.25, 0.3) is 5.91 Å². The van der Waals surface area contributed by atoms with Gasteiger partial charge in [0.2, 0.25) is 5.91 Å². The molecule has 0 radical (unpaired) electrons. The number of rotatable bonds is 10. The van der Waals surface area contributed by atoms with E-state index in [0.29, 0.717) is 36.0 Å². The Labute approximate surface area is 203 Å². The molecule has 0 bridgehead atoms. The molecule has 2 aliphatic rings. The van der Waals surface area contributed by atoms with Gasteiger partial charge in [0.1, 0.15) is 18.2 Å². The van der Waals surface area contributed by atoms with Gasteiger partial charge in [-0.15, -0.1) is 0 Å². The number of methoxy groups -OCH3 is 1. The number of carbonyl (C=O) groups is 4. The molecule has 0 saturated heterocycles. The lowest BCUT2D eigenvalue weighted by Crippen LogP contribution is -2.56. The van der Waals surface area contributed by atoms with Crippen molar-refractivity contribution in [1.82, 2.24) is 10.2 Å². The highest BCUT2D eigenvalue weighted by Crippen LogP contribution is 2.23. The third kappa shape index (κ3) is 6.18. The molecule has 2 N–H and O–H groups in total. The van der Waals surface area contributed by atoms with Crippen molar-refractivity contribution in [3.05, 3.63) is 53.1 Å². The van der Waals surface area contributed by atoms with Crippen molar-refractivity contribution in [2.24, 2.45) is 5.92 Å². The monoisotopic (exact) mass is 487 g/mol. The molecule has 0 fully saturated rings. The third-order valence-electron chi connectivity index (χ3n) is 5.42. The summed E-state index contributed by atoms with van der Waals surface area (Å²) in [7, 11) is 1.58. The second kappa shape index (κ2) is 11.7. The molecule has 1 aromatic carbocycles. The fraction of sp³-hybridized carbons (Fsp3) is 0.375. The quantitative estimate of drug-likeness (QED) is 0.389. The molecule has 1 unspecified atom stereocenters. The number of hydrogen-bond donors (Lipinski definition) is 2. The van der Waals surface area contributed by atoms with Crippen LogP contribution in [0.2, 0.25) is 5.02 Å². The SMILES string of the molecule is COCCCNC(=O)CCN1C(=O)C2C=CC=CC2=[N+](CC(=O)Nc2ccc(C)cc2Cl)C1=O. The van der Waals surface area contributed by atoms with E-state index < -0.39 is 23.8 Å². The first kappa shape index (κ1) is 25.3. The Kier molecular flexibility index (Phi) is 8.72. The van der Waals surface area contributed by atoms with Gasteiger partial charge in [0.15, 0.2) is 6.54 Å². The number of benzene rings is 1. The van der Waals surface area contributed by atoms with Crippen LogP contribution in [0.4, 0.5) is 10.5 Å². The fourth-order valence-electron chi connectivity index (χ4n) is 3.68. The lowest BCUT2D eigenvalue weighted by molar-refractivity contribution is -0.427. The second-order valence-corrected chi connectivity index (χ2v) is 8.39. The first-order chi connectivity index (χ1) is 16.3. The van der Waals surface area contributed by atoms with Gasteiger partial charge in [0, 0.05) is 20.3 Å². The Morgan fingerprint density at radius 2 is 2.00 bits per heavy atom. The number of fused-ring (bicyclic) bond motifs is 1. The lowest BCUT2D eigenvalue weighted by atomic mass is 9.94. The summed E-state index contributed by atoms with van der Waals surface area (Å²) in [5.41, 5.74) is 1.80. The molecule has 180 valence electrons. The van der Waals surface area contributed by atoms with Crippen LogP contribution in [0.1, 0.15) is 18.4 Å². The highest BCUT2D eigenvalue weighted by molar-refractivity contribution is 6.33. The zero-order chi connectivity index (χ0) is 24.7. The van der Waals surface area contributed by atoms with Gasteiger partial charge in [-0.2, -0.15) is 14.3 Å². The molecule has 34 heavy (non-hydrogen) atoms. The van der Waals surface area contributed by atoms with Crippen molar-refractivity contribution < 1.29 is 28.5 Å². The van der Waals surface area contributed by atoms with Crippen LogP contribution in [0.15, 0.2) is 42.5 Å².